The first-order chi connectivity index (χ1) is 22.5. The fraction of sp³-hybridized carbons (Fsp3) is 0.771. The molecule has 12 nitrogen and oxygen atoms in total. The molecule has 1 aromatic carbocycles. The van der Waals surface area contributed by atoms with Crippen molar-refractivity contribution >= 4 is 11.9 Å². The minimum absolute atomic E-state index is 0.179. The molecule has 0 unspecified atom stereocenters. The standard InChI is InChI=1S/C35H49NO11/c1-8-36-16-32(17-41-3)22(38)13-23(43-5)35-21-14-33(40)24(44-6)15-34(47-18(2)37,26(29(35)36)27(45-7)28(32)35)25(21)30(33)46-31(39)19-9-11-20(42-4)12-10-19/h9-12,21-30,38,40H,8,13-17H2,1-7H3/t21-,22-,23+,24-,25-,26+,27-,28-,29-,30+,32+,33+,34-,35+/m1/s1. The number of esters is 2. The Hall–Kier alpha value is -2.32. The van der Waals surface area contributed by atoms with Gasteiger partial charge < -0.3 is 43.4 Å². The zero-order valence-electron chi connectivity index (χ0n) is 28.3. The highest BCUT2D eigenvalue weighted by molar-refractivity contribution is 5.89. The molecule has 1 saturated heterocycles. The number of benzene rings is 1. The summed E-state index contributed by atoms with van der Waals surface area (Å²) in [5.74, 6) is -2.10. The summed E-state index contributed by atoms with van der Waals surface area (Å²) in [6.45, 7) is 5.04. The zero-order chi connectivity index (χ0) is 33.7. The van der Waals surface area contributed by atoms with Crippen LogP contribution in [0.15, 0.2) is 24.3 Å². The van der Waals surface area contributed by atoms with E-state index in [0.717, 1.165) is 0 Å². The highest BCUT2D eigenvalue weighted by atomic mass is 16.6. The van der Waals surface area contributed by atoms with Gasteiger partial charge in [-0.1, -0.05) is 6.92 Å². The number of fused-ring (bicyclic) bond motifs is 2. The Labute approximate surface area is 275 Å². The molecule has 1 aromatic rings. The number of ether oxygens (including phenoxy) is 7. The molecule has 6 fully saturated rings. The maximum atomic E-state index is 13.9. The Morgan fingerprint density at radius 1 is 0.979 bits per heavy atom. The number of aliphatic hydroxyl groups is 2. The first kappa shape index (κ1) is 33.2. The number of piperidine rings is 1. The van der Waals surface area contributed by atoms with Crippen molar-refractivity contribution in [3.8, 4) is 5.75 Å². The molecular weight excluding hydrogens is 610 g/mol. The molecule has 1 spiro atoms. The Morgan fingerprint density at radius 3 is 2.26 bits per heavy atom. The molecule has 0 radical (unpaired) electrons. The van der Waals surface area contributed by atoms with Crippen LogP contribution in [0.2, 0.25) is 0 Å². The van der Waals surface area contributed by atoms with Crippen LogP contribution in [0, 0.1) is 34.5 Å². The van der Waals surface area contributed by atoms with E-state index in [2.05, 4.69) is 11.8 Å². The van der Waals surface area contributed by atoms with E-state index in [1.54, 1.807) is 52.7 Å². The number of nitrogens with zero attached hydrogens (tertiary/aromatic N) is 1. The number of carbonyl (C=O) groups is 2. The van der Waals surface area contributed by atoms with E-state index in [1.165, 1.54) is 14.0 Å². The van der Waals surface area contributed by atoms with Crippen LogP contribution in [0.3, 0.4) is 0 Å². The van der Waals surface area contributed by atoms with Gasteiger partial charge >= 0.3 is 11.9 Å². The SMILES string of the molecule is CCN1C[C@]2(COC)[C@H](O)C[C@H](OC)[C@@]34[C@@H]5C[C@]6(O)[C@H](OC)C[C@@](OC(C)=O)([C@H]5[C@@H]6OC(=O)c5ccc(OC)cc5)[C@@H]([C@@H](OC)[C@H]23)[C@@H]14. The molecular formula is C35H49NO11. The van der Waals surface area contributed by atoms with Crippen LogP contribution in [0.25, 0.3) is 0 Å². The van der Waals surface area contributed by atoms with Crippen molar-refractivity contribution < 1.29 is 53.0 Å². The lowest BCUT2D eigenvalue weighted by Gasteiger charge is -2.70. The number of likely N-dealkylation sites (tertiary alicyclic amines) is 1. The minimum Gasteiger partial charge on any atom is -0.497 e. The Bertz CT molecular complexity index is 1390. The summed E-state index contributed by atoms with van der Waals surface area (Å²) in [4.78, 5) is 29.5. The van der Waals surface area contributed by atoms with Gasteiger partial charge in [0.25, 0.3) is 0 Å². The van der Waals surface area contributed by atoms with E-state index in [0.29, 0.717) is 37.4 Å². The van der Waals surface area contributed by atoms with Gasteiger partial charge in [-0.05, 0) is 43.1 Å². The van der Waals surface area contributed by atoms with Crippen molar-refractivity contribution in [2.45, 2.75) is 80.9 Å². The third kappa shape index (κ3) is 4.00. The van der Waals surface area contributed by atoms with Gasteiger partial charge in [-0.3, -0.25) is 9.69 Å². The number of carbonyl (C=O) groups excluding carboxylic acids is 2. The van der Waals surface area contributed by atoms with Crippen LogP contribution < -0.4 is 4.74 Å². The fourth-order valence-corrected chi connectivity index (χ4v) is 12.4. The third-order valence-corrected chi connectivity index (χ3v) is 13.4. The first-order valence-corrected chi connectivity index (χ1v) is 16.7. The Morgan fingerprint density at radius 2 is 1.68 bits per heavy atom. The normalized spacial score (nSPS) is 47.4. The van der Waals surface area contributed by atoms with Gasteiger partial charge in [-0.2, -0.15) is 0 Å². The van der Waals surface area contributed by atoms with Crippen LogP contribution in [0.4, 0.5) is 0 Å². The van der Waals surface area contributed by atoms with Crippen LogP contribution in [-0.2, 0) is 33.2 Å². The van der Waals surface area contributed by atoms with Gasteiger partial charge in [0.05, 0.1) is 43.7 Å². The zero-order valence-corrected chi connectivity index (χ0v) is 28.3. The molecule has 5 aliphatic carbocycles. The van der Waals surface area contributed by atoms with Gasteiger partial charge in [0.15, 0.2) is 0 Å². The molecule has 2 N–H and O–H groups in total. The highest BCUT2D eigenvalue weighted by Crippen LogP contribution is 2.80. The molecule has 1 aliphatic heterocycles. The number of hydrogen-bond donors (Lipinski definition) is 2. The van der Waals surface area contributed by atoms with E-state index in [9.17, 15) is 19.8 Å². The topological polar surface area (TPSA) is 142 Å². The fourth-order valence-electron chi connectivity index (χ4n) is 12.4. The van der Waals surface area contributed by atoms with E-state index >= 15 is 0 Å². The average molecular weight is 660 g/mol. The largest absolute Gasteiger partial charge is 0.497 e. The van der Waals surface area contributed by atoms with Crippen molar-refractivity contribution in [1.29, 1.82) is 0 Å². The maximum Gasteiger partial charge on any atom is 0.338 e. The quantitative estimate of drug-likeness (QED) is 0.353. The van der Waals surface area contributed by atoms with E-state index in [1.807, 2.05) is 0 Å². The lowest BCUT2D eigenvalue weighted by Crippen LogP contribution is -2.79. The molecule has 0 aromatic heterocycles. The summed E-state index contributed by atoms with van der Waals surface area (Å²) >= 11 is 0. The molecule has 7 rings (SSSR count). The first-order valence-electron chi connectivity index (χ1n) is 16.7. The predicted octanol–water partition coefficient (Wildman–Crippen LogP) is 1.69. The monoisotopic (exact) mass is 659 g/mol. The van der Waals surface area contributed by atoms with Gasteiger partial charge in [0.2, 0.25) is 0 Å². The summed E-state index contributed by atoms with van der Waals surface area (Å²) < 4.78 is 43.2. The molecule has 14 atom stereocenters. The number of aliphatic hydroxyl groups excluding tert-OH is 1. The van der Waals surface area contributed by atoms with Crippen molar-refractivity contribution in [2.75, 3.05) is 55.2 Å². The summed E-state index contributed by atoms with van der Waals surface area (Å²) in [6, 6.07) is 6.44. The average Bonchev–Trinajstić information content (AvgIpc) is 3.43. The number of hydrogen-bond acceptors (Lipinski definition) is 12. The van der Waals surface area contributed by atoms with Crippen LogP contribution in [0.5, 0.6) is 5.75 Å². The Balaban J connectivity index is 1.47. The molecule has 6 aliphatic rings. The number of rotatable bonds is 10. The summed E-state index contributed by atoms with van der Waals surface area (Å²) in [6.07, 6.45) is -2.70. The Kier molecular flexibility index (Phi) is 8.02. The summed E-state index contributed by atoms with van der Waals surface area (Å²) in [5, 5.41) is 24.8. The van der Waals surface area contributed by atoms with E-state index in [4.69, 9.17) is 33.2 Å². The second-order valence-corrected chi connectivity index (χ2v) is 14.7. The van der Waals surface area contributed by atoms with Crippen LogP contribution >= 0.6 is 0 Å². The van der Waals surface area contributed by atoms with Crippen LogP contribution in [-0.4, -0.2) is 130 Å². The second kappa shape index (κ2) is 11.4. The maximum absolute atomic E-state index is 13.9. The van der Waals surface area contributed by atoms with Gasteiger partial charge in [-0.25, -0.2) is 4.79 Å². The molecule has 1 heterocycles. The van der Waals surface area contributed by atoms with Gasteiger partial charge in [-0.15, -0.1) is 0 Å². The van der Waals surface area contributed by atoms with Crippen molar-refractivity contribution in [2.24, 2.45) is 34.5 Å². The molecule has 47 heavy (non-hydrogen) atoms. The predicted molar refractivity (Wildman–Crippen MR) is 166 cm³/mol. The molecule has 260 valence electrons. The smallest absolute Gasteiger partial charge is 0.338 e. The van der Waals surface area contributed by atoms with Crippen molar-refractivity contribution in [1.82, 2.24) is 4.90 Å². The van der Waals surface area contributed by atoms with Gasteiger partial charge in [0.1, 0.15) is 23.1 Å². The molecule has 0 amide bonds. The molecule has 12 heteroatoms. The summed E-state index contributed by atoms with van der Waals surface area (Å²) in [7, 11) is 8.11. The highest BCUT2D eigenvalue weighted by Gasteiger charge is 2.90. The lowest BCUT2D eigenvalue weighted by molar-refractivity contribution is -0.300. The van der Waals surface area contributed by atoms with Crippen molar-refractivity contribution in [3.63, 3.8) is 0 Å². The minimum atomic E-state index is -1.58. The van der Waals surface area contributed by atoms with Crippen LogP contribution in [0.1, 0.15) is 43.5 Å². The second-order valence-electron chi connectivity index (χ2n) is 14.7. The molecule has 5 saturated carbocycles. The summed E-state index contributed by atoms with van der Waals surface area (Å²) in [5.41, 5.74) is -3.89. The number of methoxy groups -OCH3 is 5. The third-order valence-electron chi connectivity index (χ3n) is 13.4. The van der Waals surface area contributed by atoms with E-state index < -0.39 is 76.3 Å². The lowest BCUT2D eigenvalue weighted by atomic mass is 9.42. The van der Waals surface area contributed by atoms with Crippen molar-refractivity contribution in [3.05, 3.63) is 29.8 Å². The van der Waals surface area contributed by atoms with Gasteiger partial charge in [0, 0.05) is 89.4 Å². The van der Waals surface area contributed by atoms with E-state index in [-0.39, 0.29) is 30.7 Å². The molecule has 7 bridgehead atoms.